The molecule has 2 amide bonds. The maximum atomic E-state index is 12.8. The van der Waals surface area contributed by atoms with E-state index in [0.717, 1.165) is 15.7 Å². The van der Waals surface area contributed by atoms with Crippen molar-refractivity contribution in [3.8, 4) is 0 Å². The minimum absolute atomic E-state index is 0.0181. The molecule has 5 heteroatoms. The summed E-state index contributed by atoms with van der Waals surface area (Å²) < 4.78 is 1.01. The highest BCUT2D eigenvalue weighted by atomic mass is 127. The van der Waals surface area contributed by atoms with Crippen LogP contribution in [0, 0.1) is 3.57 Å². The molecule has 0 radical (unpaired) electrons. The van der Waals surface area contributed by atoms with Crippen LogP contribution in [0.25, 0.3) is 0 Å². The number of amides is 2. The number of benzene rings is 3. The third kappa shape index (κ3) is 3.73. The summed E-state index contributed by atoms with van der Waals surface area (Å²) in [5, 5.41) is 2.87. The Hall–Kier alpha value is -2.67. The van der Waals surface area contributed by atoms with Crippen LogP contribution in [0.4, 0.5) is 11.4 Å². The van der Waals surface area contributed by atoms with E-state index in [-0.39, 0.29) is 11.8 Å². The molecule has 0 saturated heterocycles. The first-order valence-electron chi connectivity index (χ1n) is 8.68. The fourth-order valence-electron chi connectivity index (χ4n) is 3.23. The summed E-state index contributed by atoms with van der Waals surface area (Å²) >= 11 is 2.18. The van der Waals surface area contributed by atoms with E-state index in [1.54, 1.807) is 30.3 Å². The number of fused-ring (bicyclic) bond motifs is 1. The Kier molecular flexibility index (Phi) is 4.94. The Balaban J connectivity index is 1.48. The van der Waals surface area contributed by atoms with Crippen LogP contribution >= 0.6 is 22.6 Å². The summed E-state index contributed by atoms with van der Waals surface area (Å²) in [6.07, 6.45) is 0.881. The predicted octanol–water partition coefficient (Wildman–Crippen LogP) is 4.75. The average molecular weight is 468 g/mol. The van der Waals surface area contributed by atoms with E-state index in [9.17, 15) is 9.59 Å². The molecule has 0 aromatic heterocycles. The quantitative estimate of drug-likeness (QED) is 0.565. The number of nitrogens with one attached hydrogen (secondary N) is 1. The molecule has 1 N–H and O–H groups in total. The average Bonchev–Trinajstić information content (AvgIpc) is 3.12. The van der Waals surface area contributed by atoms with Crippen molar-refractivity contribution in [2.24, 2.45) is 0 Å². The minimum Gasteiger partial charge on any atom is -0.322 e. The lowest BCUT2D eigenvalue weighted by Crippen LogP contribution is -2.28. The normalized spacial score (nSPS) is 12.6. The molecule has 1 aliphatic rings. The number of carbonyl (C=O) groups excluding carboxylic acids is 2. The van der Waals surface area contributed by atoms with Crippen LogP contribution in [-0.2, 0) is 6.42 Å². The molecular weight excluding hydrogens is 451 g/mol. The van der Waals surface area contributed by atoms with Gasteiger partial charge in [0.1, 0.15) is 0 Å². The molecule has 27 heavy (non-hydrogen) atoms. The zero-order chi connectivity index (χ0) is 18.8. The molecule has 0 unspecified atom stereocenters. The van der Waals surface area contributed by atoms with E-state index < -0.39 is 0 Å². The molecule has 3 aromatic carbocycles. The molecule has 0 saturated carbocycles. The van der Waals surface area contributed by atoms with Crippen LogP contribution in [-0.4, -0.2) is 18.4 Å². The number of anilines is 2. The van der Waals surface area contributed by atoms with Crippen LogP contribution in [0.5, 0.6) is 0 Å². The van der Waals surface area contributed by atoms with Gasteiger partial charge in [0.05, 0.1) is 0 Å². The van der Waals surface area contributed by atoms with Crippen LogP contribution in [0.15, 0.2) is 72.8 Å². The van der Waals surface area contributed by atoms with Crippen LogP contribution in [0.2, 0.25) is 0 Å². The number of para-hydroxylation sites is 1. The molecule has 0 bridgehead atoms. The topological polar surface area (TPSA) is 49.4 Å². The molecular formula is C22H17IN2O2. The van der Waals surface area contributed by atoms with Crippen molar-refractivity contribution in [2.75, 3.05) is 16.8 Å². The number of nitrogens with zero attached hydrogens (tertiary/aromatic N) is 1. The Morgan fingerprint density at radius 2 is 1.67 bits per heavy atom. The van der Waals surface area contributed by atoms with Gasteiger partial charge >= 0.3 is 0 Å². The minimum atomic E-state index is -0.166. The van der Waals surface area contributed by atoms with Gasteiger partial charge in [-0.2, -0.15) is 0 Å². The van der Waals surface area contributed by atoms with Gasteiger partial charge < -0.3 is 10.2 Å². The van der Waals surface area contributed by atoms with Crippen LogP contribution in [0.3, 0.4) is 0 Å². The maximum Gasteiger partial charge on any atom is 0.258 e. The molecule has 0 atom stereocenters. The number of halogens is 1. The van der Waals surface area contributed by atoms with Gasteiger partial charge in [-0.15, -0.1) is 0 Å². The third-order valence-corrected chi connectivity index (χ3v) is 5.28. The second-order valence-electron chi connectivity index (χ2n) is 6.38. The van der Waals surface area contributed by atoms with Crippen molar-refractivity contribution in [1.82, 2.24) is 0 Å². The summed E-state index contributed by atoms with van der Waals surface area (Å²) in [5.74, 6) is -0.184. The molecule has 4 nitrogen and oxygen atoms in total. The number of hydrogen-bond acceptors (Lipinski definition) is 2. The first-order valence-corrected chi connectivity index (χ1v) is 9.76. The monoisotopic (exact) mass is 468 g/mol. The SMILES string of the molecule is O=C(Nc1ccc(C(=O)N2CCc3ccccc32)cc1)c1cccc(I)c1. The molecule has 4 rings (SSSR count). The van der Waals surface area contributed by atoms with Crippen molar-refractivity contribution in [2.45, 2.75) is 6.42 Å². The molecule has 134 valence electrons. The summed E-state index contributed by atoms with van der Waals surface area (Å²) in [7, 11) is 0. The van der Waals surface area contributed by atoms with Crippen molar-refractivity contribution in [3.05, 3.63) is 93.1 Å². The highest BCUT2D eigenvalue weighted by Crippen LogP contribution is 2.29. The third-order valence-electron chi connectivity index (χ3n) is 4.61. The molecule has 0 spiro atoms. The Bertz CT molecular complexity index is 1010. The lowest BCUT2D eigenvalue weighted by Gasteiger charge is -2.17. The lowest BCUT2D eigenvalue weighted by atomic mass is 10.1. The van der Waals surface area contributed by atoms with Gasteiger partial charge in [-0.3, -0.25) is 9.59 Å². The zero-order valence-electron chi connectivity index (χ0n) is 14.5. The van der Waals surface area contributed by atoms with Crippen molar-refractivity contribution in [1.29, 1.82) is 0 Å². The fourth-order valence-corrected chi connectivity index (χ4v) is 3.78. The lowest BCUT2D eigenvalue weighted by molar-refractivity contribution is 0.0988. The largest absolute Gasteiger partial charge is 0.322 e. The second-order valence-corrected chi connectivity index (χ2v) is 7.62. The number of hydrogen-bond donors (Lipinski definition) is 1. The highest BCUT2D eigenvalue weighted by Gasteiger charge is 2.25. The Morgan fingerprint density at radius 1 is 0.889 bits per heavy atom. The van der Waals surface area contributed by atoms with Crippen LogP contribution in [0.1, 0.15) is 26.3 Å². The highest BCUT2D eigenvalue weighted by molar-refractivity contribution is 14.1. The summed E-state index contributed by atoms with van der Waals surface area (Å²) in [4.78, 5) is 27.0. The molecule has 0 aliphatic carbocycles. The van der Waals surface area contributed by atoms with Crippen LogP contribution < -0.4 is 10.2 Å². The van der Waals surface area contributed by atoms with Gasteiger partial charge in [-0.05, 0) is 83.1 Å². The molecule has 1 heterocycles. The predicted molar refractivity (Wildman–Crippen MR) is 115 cm³/mol. The van der Waals surface area contributed by atoms with Crippen molar-refractivity contribution >= 4 is 45.8 Å². The van der Waals surface area contributed by atoms with Gasteiger partial charge in [0.2, 0.25) is 0 Å². The summed E-state index contributed by atoms with van der Waals surface area (Å²) in [6.45, 7) is 0.698. The Morgan fingerprint density at radius 3 is 2.44 bits per heavy atom. The van der Waals surface area contributed by atoms with Gasteiger partial charge in [0.25, 0.3) is 11.8 Å². The second kappa shape index (κ2) is 7.52. The first-order chi connectivity index (χ1) is 13.1. The van der Waals surface area contributed by atoms with E-state index in [2.05, 4.69) is 34.0 Å². The summed E-state index contributed by atoms with van der Waals surface area (Å²) in [5.41, 5.74) is 4.07. The van der Waals surface area contributed by atoms with Gasteiger partial charge in [-0.25, -0.2) is 0 Å². The van der Waals surface area contributed by atoms with E-state index in [0.29, 0.717) is 23.4 Å². The van der Waals surface area contributed by atoms with Crippen molar-refractivity contribution < 1.29 is 9.59 Å². The molecule has 0 fully saturated rings. The molecule has 3 aromatic rings. The van der Waals surface area contributed by atoms with E-state index in [4.69, 9.17) is 0 Å². The smallest absolute Gasteiger partial charge is 0.258 e. The number of rotatable bonds is 3. The van der Waals surface area contributed by atoms with E-state index >= 15 is 0 Å². The fraction of sp³-hybridized carbons (Fsp3) is 0.0909. The zero-order valence-corrected chi connectivity index (χ0v) is 16.6. The van der Waals surface area contributed by atoms with Gasteiger partial charge in [0, 0.05) is 32.6 Å². The standard InChI is InChI=1S/C22H17IN2O2/c23-18-6-3-5-17(14-18)21(26)24-19-10-8-16(9-11-19)22(27)25-13-12-15-4-1-2-7-20(15)25/h1-11,14H,12-13H2,(H,24,26). The number of carbonyl (C=O) groups is 2. The Labute approximate surface area is 171 Å². The first kappa shape index (κ1) is 17.7. The maximum absolute atomic E-state index is 12.8. The van der Waals surface area contributed by atoms with Gasteiger partial charge in [-0.1, -0.05) is 24.3 Å². The van der Waals surface area contributed by atoms with E-state index in [1.165, 1.54) is 5.56 Å². The van der Waals surface area contributed by atoms with E-state index in [1.807, 2.05) is 41.3 Å². The summed E-state index contributed by atoms with van der Waals surface area (Å²) in [6, 6.07) is 22.4. The van der Waals surface area contributed by atoms with Crippen molar-refractivity contribution in [3.63, 3.8) is 0 Å². The van der Waals surface area contributed by atoms with Gasteiger partial charge in [0.15, 0.2) is 0 Å². The molecule has 1 aliphatic heterocycles.